The average molecular weight is 643 g/mol. The van der Waals surface area contributed by atoms with Crippen molar-refractivity contribution >= 4 is 34.7 Å². The number of nitrogens with zero attached hydrogens (tertiary/aromatic N) is 2. The first-order valence-electron chi connectivity index (χ1n) is 17.0. The first-order chi connectivity index (χ1) is 22.2. The van der Waals surface area contributed by atoms with Crippen molar-refractivity contribution < 1.29 is 19.2 Å². The van der Waals surface area contributed by atoms with Gasteiger partial charge < -0.3 is 4.84 Å². The summed E-state index contributed by atoms with van der Waals surface area (Å²) in [7, 11) is 1.78. The van der Waals surface area contributed by atoms with Crippen LogP contribution >= 0.6 is 11.3 Å². The number of carbonyl (C=O) groups is 3. The van der Waals surface area contributed by atoms with E-state index in [1.165, 1.54) is 86.0 Å². The number of benzene rings is 2. The van der Waals surface area contributed by atoms with Gasteiger partial charge in [-0.1, -0.05) is 95.5 Å². The molecule has 0 aliphatic heterocycles. The summed E-state index contributed by atoms with van der Waals surface area (Å²) >= 11 is 1.49. The van der Waals surface area contributed by atoms with Crippen LogP contribution in [0, 0.1) is 0 Å². The van der Waals surface area contributed by atoms with Crippen LogP contribution in [0.15, 0.2) is 58.9 Å². The van der Waals surface area contributed by atoms with Gasteiger partial charge >= 0.3 is 5.97 Å². The molecular formula is C39H50N2O4S. The first kappa shape index (κ1) is 35.3. The number of unbranched alkanes of at least 4 members (excludes halogenated alkanes) is 6. The topological polar surface area (TPSA) is 76.0 Å². The number of ketones is 1. The normalized spacial score (nSPS) is 14.0. The minimum Gasteiger partial charge on any atom is -0.338 e. The van der Waals surface area contributed by atoms with E-state index in [0.717, 1.165) is 52.5 Å². The number of hydrogen-bond acceptors (Lipinski definition) is 6. The summed E-state index contributed by atoms with van der Waals surface area (Å²) in [6.45, 7) is 9.07. The fourth-order valence-electron chi connectivity index (χ4n) is 7.04. The van der Waals surface area contributed by atoms with Gasteiger partial charge in [-0.05, 0) is 71.2 Å². The van der Waals surface area contributed by atoms with Crippen molar-refractivity contribution in [3.63, 3.8) is 0 Å². The predicted molar refractivity (Wildman–Crippen MR) is 189 cm³/mol. The van der Waals surface area contributed by atoms with E-state index in [-0.39, 0.29) is 23.1 Å². The Kier molecular flexibility index (Phi) is 12.5. The Balaban J connectivity index is 1.81. The highest BCUT2D eigenvalue weighted by molar-refractivity contribution is 7.12. The number of hydroxylamine groups is 2. The van der Waals surface area contributed by atoms with Crippen molar-refractivity contribution in [2.24, 2.45) is 4.99 Å². The van der Waals surface area contributed by atoms with E-state index in [1.807, 2.05) is 30.5 Å². The Morgan fingerprint density at radius 2 is 1.43 bits per heavy atom. The molecule has 246 valence electrons. The van der Waals surface area contributed by atoms with Crippen LogP contribution in [0.4, 0.5) is 0 Å². The lowest BCUT2D eigenvalue weighted by Crippen LogP contribution is -2.39. The molecule has 0 saturated heterocycles. The number of hydrogen-bond donors (Lipinski definition) is 0. The summed E-state index contributed by atoms with van der Waals surface area (Å²) in [5.74, 6) is -0.772. The highest BCUT2D eigenvalue weighted by Gasteiger charge is 2.43. The van der Waals surface area contributed by atoms with Crippen LogP contribution in [0.25, 0.3) is 11.1 Å². The Morgan fingerprint density at radius 1 is 0.848 bits per heavy atom. The lowest BCUT2D eigenvalue weighted by Gasteiger charge is -2.33. The number of rotatable bonds is 16. The quantitative estimate of drug-likeness (QED) is 0.0675. The van der Waals surface area contributed by atoms with E-state index < -0.39 is 5.97 Å². The maximum Gasteiger partial charge on any atom is 0.329 e. The molecule has 0 bridgehead atoms. The zero-order chi connectivity index (χ0) is 33.3. The molecule has 1 aliphatic rings. The van der Waals surface area contributed by atoms with E-state index in [2.05, 4.69) is 49.2 Å². The molecule has 1 unspecified atom stereocenters. The first-order valence-corrected chi connectivity index (χ1v) is 17.9. The molecule has 6 nitrogen and oxygen atoms in total. The minimum absolute atomic E-state index is 0.0810. The number of fused-ring (bicyclic) bond motifs is 3. The molecule has 1 heterocycles. The van der Waals surface area contributed by atoms with Crippen LogP contribution in [-0.2, 0) is 19.8 Å². The number of amides is 1. The Morgan fingerprint density at radius 3 is 1.93 bits per heavy atom. The van der Waals surface area contributed by atoms with E-state index in [9.17, 15) is 14.4 Å². The molecule has 0 radical (unpaired) electrons. The van der Waals surface area contributed by atoms with Crippen molar-refractivity contribution in [2.75, 3.05) is 7.05 Å². The zero-order valence-electron chi connectivity index (χ0n) is 28.5. The third-order valence-corrected chi connectivity index (χ3v) is 10.2. The second-order valence-corrected chi connectivity index (χ2v) is 13.6. The van der Waals surface area contributed by atoms with E-state index in [0.29, 0.717) is 6.42 Å². The number of thiophene rings is 1. The van der Waals surface area contributed by atoms with Gasteiger partial charge in [-0.3, -0.25) is 19.4 Å². The maximum absolute atomic E-state index is 13.6. The second kappa shape index (κ2) is 16.3. The fourth-order valence-corrected chi connectivity index (χ4v) is 7.73. The molecule has 1 atom stereocenters. The standard InChI is InChI=1S/C39H50N2O4S/c1-7-9-11-13-21-39(22-14-12-10-8-2)34-25-30(36(40-6)24-27(3)41(28(4)42)45-29(5)43)17-19-32(34)33-20-18-31(26-35(33)39)38(44)37-16-15-23-46-37/h15-20,23,25-27H,7-14,21-22,24H2,1-6H3. The monoisotopic (exact) mass is 642 g/mol. The molecule has 0 saturated carbocycles. The molecule has 0 spiro atoms. The van der Waals surface area contributed by atoms with Crippen LogP contribution in [0.3, 0.4) is 0 Å². The van der Waals surface area contributed by atoms with Gasteiger partial charge in [0.2, 0.25) is 5.78 Å². The van der Waals surface area contributed by atoms with Crippen molar-refractivity contribution in [1.29, 1.82) is 0 Å². The summed E-state index contributed by atoms with van der Waals surface area (Å²) in [5.41, 5.74) is 7.44. The number of carbonyl (C=O) groups excluding carboxylic acids is 3. The van der Waals surface area contributed by atoms with Gasteiger partial charge in [-0.2, -0.15) is 5.06 Å². The van der Waals surface area contributed by atoms with Crippen LogP contribution in [0.5, 0.6) is 0 Å². The lowest BCUT2D eigenvalue weighted by atomic mass is 9.70. The molecule has 0 fully saturated rings. The van der Waals surface area contributed by atoms with Crippen LogP contribution in [0.2, 0.25) is 0 Å². The van der Waals surface area contributed by atoms with Gasteiger partial charge in [0.25, 0.3) is 5.91 Å². The molecule has 1 aliphatic carbocycles. The summed E-state index contributed by atoms with van der Waals surface area (Å²) in [6.07, 6.45) is 11.9. The summed E-state index contributed by atoms with van der Waals surface area (Å²) in [6, 6.07) is 16.5. The predicted octanol–water partition coefficient (Wildman–Crippen LogP) is 9.71. The van der Waals surface area contributed by atoms with Gasteiger partial charge in [-0.15, -0.1) is 11.3 Å². The van der Waals surface area contributed by atoms with Gasteiger partial charge in [0.15, 0.2) is 0 Å². The summed E-state index contributed by atoms with van der Waals surface area (Å²) in [4.78, 5) is 48.3. The van der Waals surface area contributed by atoms with Gasteiger partial charge in [0, 0.05) is 44.0 Å². The van der Waals surface area contributed by atoms with E-state index >= 15 is 0 Å². The van der Waals surface area contributed by atoms with Crippen molar-refractivity contribution in [3.05, 3.63) is 81.0 Å². The van der Waals surface area contributed by atoms with Gasteiger partial charge in [0.05, 0.1) is 10.9 Å². The number of aliphatic imine (C=N–C) groups is 1. The molecule has 3 aromatic rings. The van der Waals surface area contributed by atoms with Crippen LogP contribution in [0.1, 0.15) is 137 Å². The average Bonchev–Trinajstić information content (AvgIpc) is 3.68. The van der Waals surface area contributed by atoms with Crippen molar-refractivity contribution in [1.82, 2.24) is 5.06 Å². The smallest absolute Gasteiger partial charge is 0.329 e. The maximum atomic E-state index is 13.6. The highest BCUT2D eigenvalue weighted by Crippen LogP contribution is 2.55. The van der Waals surface area contributed by atoms with Crippen LogP contribution < -0.4 is 0 Å². The van der Waals surface area contributed by atoms with Crippen LogP contribution in [-0.4, -0.2) is 41.5 Å². The zero-order valence-corrected chi connectivity index (χ0v) is 29.3. The highest BCUT2D eigenvalue weighted by atomic mass is 32.1. The second-order valence-electron chi connectivity index (χ2n) is 12.7. The van der Waals surface area contributed by atoms with E-state index in [1.54, 1.807) is 7.05 Å². The molecule has 2 aromatic carbocycles. The van der Waals surface area contributed by atoms with Gasteiger partial charge in [0.1, 0.15) is 0 Å². The molecular weight excluding hydrogens is 593 g/mol. The molecule has 0 N–H and O–H groups in total. The van der Waals surface area contributed by atoms with Crippen molar-refractivity contribution in [3.8, 4) is 11.1 Å². The van der Waals surface area contributed by atoms with Gasteiger partial charge in [-0.25, -0.2) is 0 Å². The SMILES string of the molecule is CCCCCCC1(CCCCCC)c2cc(C(=O)c3cccs3)ccc2-c2ccc(C(CC(C)N(OC(C)=O)C(C)=O)=NC)cc21. The molecule has 1 aromatic heterocycles. The van der Waals surface area contributed by atoms with Crippen molar-refractivity contribution in [2.45, 2.75) is 117 Å². The summed E-state index contributed by atoms with van der Waals surface area (Å²) in [5, 5.41) is 3.11. The molecule has 1 amide bonds. The summed E-state index contributed by atoms with van der Waals surface area (Å²) < 4.78 is 0. The molecule has 7 heteroatoms. The lowest BCUT2D eigenvalue weighted by molar-refractivity contribution is -0.202. The largest absolute Gasteiger partial charge is 0.338 e. The van der Waals surface area contributed by atoms with E-state index in [4.69, 9.17) is 4.84 Å². The third-order valence-electron chi connectivity index (χ3n) is 9.31. The Bertz CT molecular complexity index is 1530. The Hall–Kier alpha value is -3.58. The Labute approximate surface area is 279 Å². The molecule has 46 heavy (non-hydrogen) atoms. The minimum atomic E-state index is -0.528. The third kappa shape index (κ3) is 7.86. The fraction of sp³-hybridized carbons (Fsp3) is 0.487. The molecule has 4 rings (SSSR count).